The largest absolute Gasteiger partial charge is 0.463 e. The Bertz CT molecular complexity index is 1170. The van der Waals surface area contributed by atoms with E-state index in [0.29, 0.717) is 0 Å². The van der Waals surface area contributed by atoms with Gasteiger partial charge in [0.2, 0.25) is 5.91 Å². The number of ether oxygens (including phenoxy) is 7. The Morgan fingerprint density at radius 1 is 0.841 bits per heavy atom. The summed E-state index contributed by atoms with van der Waals surface area (Å²) in [6.07, 6.45) is -8.14. The third kappa shape index (κ3) is 9.89. The predicted octanol–water partition coefficient (Wildman–Crippen LogP) is 0.999. The van der Waals surface area contributed by atoms with Crippen LogP contribution < -0.4 is 5.32 Å². The van der Waals surface area contributed by atoms with Gasteiger partial charge in [-0.25, -0.2) is 0 Å². The fraction of sp³-hybridized carbons (Fsp3) is 0.621. The highest BCUT2D eigenvalue weighted by Crippen LogP contribution is 2.40. The predicted molar refractivity (Wildman–Crippen MR) is 153 cm³/mol. The number of amides is 1. The van der Waals surface area contributed by atoms with Crippen molar-refractivity contribution in [1.29, 1.82) is 0 Å². The van der Waals surface area contributed by atoms with E-state index < -0.39 is 89.4 Å². The summed E-state index contributed by atoms with van der Waals surface area (Å²) >= 11 is 0.972. The van der Waals surface area contributed by atoms with Crippen molar-refractivity contribution in [1.82, 2.24) is 5.32 Å². The van der Waals surface area contributed by atoms with Gasteiger partial charge < -0.3 is 43.6 Å². The first-order valence-corrected chi connectivity index (χ1v) is 14.9. The minimum atomic E-state index is -1.37. The molecule has 3 rings (SSSR count). The smallest absolute Gasteiger partial charge is 0.303 e. The maximum atomic E-state index is 12.4. The lowest BCUT2D eigenvalue weighted by atomic mass is 9.99. The van der Waals surface area contributed by atoms with Crippen LogP contribution in [0.1, 0.15) is 47.1 Å². The first-order valence-electron chi connectivity index (χ1n) is 14.0. The average Bonchev–Trinajstić information content (AvgIpc) is 2.93. The second-order valence-corrected chi connectivity index (χ2v) is 11.7. The summed E-state index contributed by atoms with van der Waals surface area (Å²) < 4.78 is 39.8. The summed E-state index contributed by atoms with van der Waals surface area (Å²) in [7, 11) is 0. The molecule has 15 heteroatoms. The van der Waals surface area contributed by atoms with Crippen LogP contribution in [0.4, 0.5) is 0 Å². The zero-order chi connectivity index (χ0) is 32.6. The molecule has 14 nitrogen and oxygen atoms in total. The van der Waals surface area contributed by atoms with Crippen LogP contribution in [0.25, 0.3) is 0 Å². The van der Waals surface area contributed by atoms with Crippen LogP contribution in [-0.4, -0.2) is 101 Å². The van der Waals surface area contributed by atoms with Gasteiger partial charge in [-0.15, -0.1) is 11.8 Å². The normalized spacial score (nSPS) is 31.7. The molecule has 0 aromatic heterocycles. The summed E-state index contributed by atoms with van der Waals surface area (Å²) in [5.74, 6) is -3.19. The number of carbonyl (C=O) groups excluding carboxylic acids is 5. The first kappa shape index (κ1) is 35.2. The Hall–Kier alpha value is -3.24. The molecule has 0 bridgehead atoms. The molecular formula is C29H39NO13S. The molecule has 2 aliphatic heterocycles. The van der Waals surface area contributed by atoms with Gasteiger partial charge in [0.1, 0.15) is 18.1 Å². The van der Waals surface area contributed by atoms with Crippen LogP contribution in [0, 0.1) is 0 Å². The summed E-state index contributed by atoms with van der Waals surface area (Å²) in [5, 5.41) is 13.3. The highest BCUT2D eigenvalue weighted by Gasteiger charge is 2.54. The fourth-order valence-corrected chi connectivity index (χ4v) is 6.55. The molecule has 2 N–H and O–H groups in total. The van der Waals surface area contributed by atoms with Crippen LogP contribution in [0.3, 0.4) is 0 Å². The van der Waals surface area contributed by atoms with Gasteiger partial charge in [0, 0.05) is 34.6 Å². The highest BCUT2D eigenvalue weighted by molar-refractivity contribution is 8.00. The molecule has 0 saturated carbocycles. The average molecular weight is 642 g/mol. The molecule has 0 unspecified atom stereocenters. The minimum absolute atomic E-state index is 0.0843. The molecule has 1 aromatic carbocycles. The summed E-state index contributed by atoms with van der Waals surface area (Å²) in [6, 6.07) is 8.19. The number of hydrogen-bond acceptors (Lipinski definition) is 14. The molecule has 10 atom stereocenters. The number of carbonyl (C=O) groups is 5. The van der Waals surface area contributed by atoms with E-state index in [1.807, 2.05) is 30.3 Å². The van der Waals surface area contributed by atoms with Crippen molar-refractivity contribution in [3.8, 4) is 0 Å². The van der Waals surface area contributed by atoms with Crippen molar-refractivity contribution >= 4 is 41.5 Å². The maximum absolute atomic E-state index is 12.4. The van der Waals surface area contributed by atoms with Crippen LogP contribution in [0.5, 0.6) is 0 Å². The molecule has 244 valence electrons. The Morgan fingerprint density at radius 3 is 2.00 bits per heavy atom. The Labute approximate surface area is 259 Å². The van der Waals surface area contributed by atoms with Gasteiger partial charge in [-0.05, 0) is 12.5 Å². The van der Waals surface area contributed by atoms with Crippen molar-refractivity contribution in [2.24, 2.45) is 0 Å². The zero-order valence-corrected chi connectivity index (χ0v) is 26.1. The van der Waals surface area contributed by atoms with E-state index >= 15 is 0 Å². The third-order valence-electron chi connectivity index (χ3n) is 6.68. The highest BCUT2D eigenvalue weighted by atomic mass is 32.2. The van der Waals surface area contributed by atoms with Gasteiger partial charge >= 0.3 is 23.9 Å². The fourth-order valence-electron chi connectivity index (χ4n) is 4.93. The van der Waals surface area contributed by atoms with Crippen molar-refractivity contribution in [2.75, 3.05) is 6.61 Å². The first-order chi connectivity index (χ1) is 20.8. The SMILES string of the molecule is CC(=O)N[C@H]1[C@H](OCc2ccccc2)O[C@H](COC(C)=O)[C@@H](O)[C@@H]1S[C@@H]1O[C@@H](C)[C@@H](OC(C)=O)[C@@H](OC(C)=O)[C@@H]1OC(C)=O. The quantitative estimate of drug-likeness (QED) is 0.258. The monoisotopic (exact) mass is 641 g/mol. The van der Waals surface area contributed by atoms with Crippen molar-refractivity contribution in [3.63, 3.8) is 0 Å². The molecule has 1 aromatic rings. The number of aliphatic hydroxyl groups is 1. The van der Waals surface area contributed by atoms with Crippen molar-refractivity contribution in [2.45, 2.75) is 108 Å². The molecule has 2 saturated heterocycles. The number of benzene rings is 1. The van der Waals surface area contributed by atoms with Gasteiger partial charge in [-0.3, -0.25) is 24.0 Å². The third-order valence-corrected chi connectivity index (χ3v) is 8.21. The zero-order valence-electron chi connectivity index (χ0n) is 25.3. The van der Waals surface area contributed by atoms with Crippen molar-refractivity contribution < 1.29 is 62.2 Å². The van der Waals surface area contributed by atoms with E-state index in [-0.39, 0.29) is 13.2 Å². The molecule has 0 spiro atoms. The van der Waals surface area contributed by atoms with E-state index in [1.165, 1.54) is 20.8 Å². The van der Waals surface area contributed by atoms with Crippen LogP contribution in [-0.2, 0) is 63.7 Å². The van der Waals surface area contributed by atoms with E-state index in [2.05, 4.69) is 5.32 Å². The number of thioether (sulfide) groups is 1. The van der Waals surface area contributed by atoms with E-state index in [0.717, 1.165) is 31.2 Å². The van der Waals surface area contributed by atoms with Gasteiger partial charge in [0.05, 0.1) is 30.1 Å². The summed E-state index contributed by atoms with van der Waals surface area (Å²) in [6.45, 7) is 7.32. The van der Waals surface area contributed by atoms with Gasteiger partial charge in [-0.2, -0.15) is 0 Å². The lowest BCUT2D eigenvalue weighted by Gasteiger charge is -2.48. The maximum Gasteiger partial charge on any atom is 0.303 e. The van der Waals surface area contributed by atoms with Crippen LogP contribution in [0.15, 0.2) is 30.3 Å². The molecule has 1 amide bonds. The van der Waals surface area contributed by atoms with Gasteiger partial charge in [0.25, 0.3) is 0 Å². The van der Waals surface area contributed by atoms with Gasteiger partial charge in [0.15, 0.2) is 24.6 Å². The lowest BCUT2D eigenvalue weighted by Crippen LogP contribution is -2.65. The number of aliphatic hydroxyl groups excluding tert-OH is 1. The van der Waals surface area contributed by atoms with E-state index in [1.54, 1.807) is 6.92 Å². The lowest BCUT2D eigenvalue weighted by molar-refractivity contribution is -0.246. The molecule has 2 fully saturated rings. The molecule has 2 heterocycles. The molecular weight excluding hydrogens is 602 g/mol. The molecule has 2 aliphatic rings. The Morgan fingerprint density at radius 2 is 1.43 bits per heavy atom. The topological polar surface area (TPSA) is 182 Å². The standard InChI is InChI=1S/C29H39NO13S/c1-14-24(40-17(4)33)25(41-18(5)34)26(42-19(6)35)29(39-14)44-27-22(30-15(2)31)28(38-12-20-10-8-7-9-11-20)43-21(23(27)36)13-37-16(3)32/h7-11,14,21-29,36H,12-13H2,1-6H3,(H,30,31)/t14-,21+,22+,23+,24+,25+,26-,27+,28+,29-/m0/s1. The minimum Gasteiger partial charge on any atom is -0.463 e. The van der Waals surface area contributed by atoms with E-state index in [9.17, 15) is 29.1 Å². The van der Waals surface area contributed by atoms with E-state index in [4.69, 9.17) is 33.2 Å². The molecule has 44 heavy (non-hydrogen) atoms. The number of hydrogen-bond donors (Lipinski definition) is 2. The Balaban J connectivity index is 2.00. The number of rotatable bonds is 11. The van der Waals surface area contributed by atoms with Crippen LogP contribution >= 0.6 is 11.8 Å². The summed E-state index contributed by atoms with van der Waals surface area (Å²) in [5.41, 5.74) is -0.298. The van der Waals surface area contributed by atoms with Gasteiger partial charge in [-0.1, -0.05) is 30.3 Å². The second kappa shape index (κ2) is 16.2. The van der Waals surface area contributed by atoms with Crippen molar-refractivity contribution in [3.05, 3.63) is 35.9 Å². The number of esters is 4. The van der Waals surface area contributed by atoms with Crippen LogP contribution in [0.2, 0.25) is 0 Å². The Kier molecular flexibility index (Phi) is 13.0. The second-order valence-electron chi connectivity index (χ2n) is 10.4. The summed E-state index contributed by atoms with van der Waals surface area (Å²) in [4.78, 5) is 60.2. The number of nitrogens with one attached hydrogen (secondary N) is 1. The molecule has 0 aliphatic carbocycles. The molecule has 0 radical (unpaired) electrons.